The van der Waals surface area contributed by atoms with Crippen molar-refractivity contribution in [2.45, 2.75) is 13.0 Å². The van der Waals surface area contributed by atoms with Crippen LogP contribution in [-0.2, 0) is 0 Å². The number of carbonyl (C=O) groups excluding carboxylic acids is 1. The van der Waals surface area contributed by atoms with E-state index in [1.54, 1.807) is 49.4 Å². The van der Waals surface area contributed by atoms with Gasteiger partial charge in [0, 0.05) is 10.0 Å². The number of hydrogen-bond donors (Lipinski definition) is 2. The summed E-state index contributed by atoms with van der Waals surface area (Å²) in [7, 11) is 0. The lowest BCUT2D eigenvalue weighted by molar-refractivity contribution is 0.100. The van der Waals surface area contributed by atoms with E-state index in [0.717, 1.165) is 10.0 Å². The van der Waals surface area contributed by atoms with E-state index in [0.29, 0.717) is 17.1 Å². The first-order valence-electron chi connectivity index (χ1n) is 6.02. The molecule has 4 nitrogen and oxygen atoms in total. The van der Waals surface area contributed by atoms with E-state index in [-0.39, 0.29) is 0 Å². The monoisotopic (exact) mass is 335 g/mol. The smallest absolute Gasteiger partial charge is 0.248 e. The summed E-state index contributed by atoms with van der Waals surface area (Å²) in [5, 5.41) is 9.55. The van der Waals surface area contributed by atoms with Crippen molar-refractivity contribution >= 4 is 21.8 Å². The molecule has 3 N–H and O–H groups in total. The minimum absolute atomic E-state index is 0.433. The van der Waals surface area contributed by atoms with Gasteiger partial charge in [-0.15, -0.1) is 0 Å². The first-order chi connectivity index (χ1) is 9.47. The molecule has 0 aliphatic heterocycles. The summed E-state index contributed by atoms with van der Waals surface area (Å²) in [5.41, 5.74) is 6.40. The van der Waals surface area contributed by atoms with Crippen molar-refractivity contribution in [2.75, 3.05) is 0 Å². The number of primary amides is 1. The molecule has 0 unspecified atom stereocenters. The van der Waals surface area contributed by atoms with Gasteiger partial charge >= 0.3 is 0 Å². The standard InChI is InChI=1S/C15H14BrNO3/c1-9(18)13-7-6-12(8-14(13)16)20-11-4-2-10(3-5-11)15(17)19/h2-9,18H,1H3,(H2,17,19)/t9-/m1/s1. The summed E-state index contributed by atoms with van der Waals surface area (Å²) in [5.74, 6) is 0.764. The molecule has 0 saturated heterocycles. The average molecular weight is 336 g/mol. The van der Waals surface area contributed by atoms with Crippen molar-refractivity contribution in [1.29, 1.82) is 0 Å². The second-order valence-corrected chi connectivity index (χ2v) is 5.20. The summed E-state index contributed by atoms with van der Waals surface area (Å²) >= 11 is 3.39. The Hall–Kier alpha value is -1.85. The molecular weight excluding hydrogens is 322 g/mol. The van der Waals surface area contributed by atoms with Crippen molar-refractivity contribution in [3.05, 3.63) is 58.1 Å². The SMILES string of the molecule is C[C@@H](O)c1ccc(Oc2ccc(C(N)=O)cc2)cc1Br. The molecule has 1 amide bonds. The molecule has 0 heterocycles. The fraction of sp³-hybridized carbons (Fsp3) is 0.133. The van der Waals surface area contributed by atoms with Gasteiger partial charge in [-0.05, 0) is 48.9 Å². The van der Waals surface area contributed by atoms with E-state index in [9.17, 15) is 9.90 Å². The Morgan fingerprint density at radius 1 is 1.20 bits per heavy atom. The molecule has 1 atom stereocenters. The van der Waals surface area contributed by atoms with E-state index < -0.39 is 12.0 Å². The van der Waals surface area contributed by atoms with Crippen LogP contribution in [0.2, 0.25) is 0 Å². The van der Waals surface area contributed by atoms with Crippen molar-refractivity contribution < 1.29 is 14.6 Å². The Balaban J connectivity index is 2.17. The third-order valence-corrected chi connectivity index (χ3v) is 3.48. The van der Waals surface area contributed by atoms with Crippen LogP contribution in [0.3, 0.4) is 0 Å². The van der Waals surface area contributed by atoms with Gasteiger partial charge < -0.3 is 15.6 Å². The number of aliphatic hydroxyl groups excluding tert-OH is 1. The van der Waals surface area contributed by atoms with Gasteiger partial charge in [0.1, 0.15) is 11.5 Å². The molecule has 2 aromatic carbocycles. The number of carbonyl (C=O) groups is 1. The van der Waals surface area contributed by atoms with Gasteiger partial charge in [0.15, 0.2) is 0 Å². The number of aliphatic hydroxyl groups is 1. The van der Waals surface area contributed by atoms with Crippen LogP contribution in [0.15, 0.2) is 46.9 Å². The Labute approximate surface area is 125 Å². The maximum Gasteiger partial charge on any atom is 0.248 e. The molecule has 0 aliphatic carbocycles. The van der Waals surface area contributed by atoms with Gasteiger partial charge in [-0.1, -0.05) is 22.0 Å². The fourth-order valence-corrected chi connectivity index (χ4v) is 2.42. The molecule has 0 radical (unpaired) electrons. The van der Waals surface area contributed by atoms with Crippen LogP contribution >= 0.6 is 15.9 Å². The third kappa shape index (κ3) is 3.37. The quantitative estimate of drug-likeness (QED) is 0.899. The van der Waals surface area contributed by atoms with E-state index in [4.69, 9.17) is 10.5 Å². The van der Waals surface area contributed by atoms with Gasteiger partial charge in [0.05, 0.1) is 6.10 Å². The molecule has 20 heavy (non-hydrogen) atoms. The zero-order valence-corrected chi connectivity index (χ0v) is 12.4. The molecule has 2 aromatic rings. The van der Waals surface area contributed by atoms with Crippen LogP contribution in [0.25, 0.3) is 0 Å². The highest BCUT2D eigenvalue weighted by molar-refractivity contribution is 9.10. The number of halogens is 1. The second kappa shape index (κ2) is 6.07. The van der Waals surface area contributed by atoms with Crippen LogP contribution < -0.4 is 10.5 Å². The predicted molar refractivity (Wildman–Crippen MR) is 79.8 cm³/mol. The minimum Gasteiger partial charge on any atom is -0.457 e. The van der Waals surface area contributed by atoms with Crippen LogP contribution in [0.4, 0.5) is 0 Å². The highest BCUT2D eigenvalue weighted by Crippen LogP contribution is 2.30. The number of hydrogen-bond acceptors (Lipinski definition) is 3. The number of nitrogens with two attached hydrogens (primary N) is 1. The number of ether oxygens (including phenoxy) is 1. The zero-order valence-electron chi connectivity index (χ0n) is 10.8. The van der Waals surface area contributed by atoms with Gasteiger partial charge in [-0.2, -0.15) is 0 Å². The first kappa shape index (κ1) is 14.6. The Morgan fingerprint density at radius 3 is 2.30 bits per heavy atom. The molecule has 0 aliphatic rings. The van der Waals surface area contributed by atoms with Gasteiger partial charge in [-0.25, -0.2) is 0 Å². The van der Waals surface area contributed by atoms with Crippen molar-refractivity contribution in [1.82, 2.24) is 0 Å². The normalized spacial score (nSPS) is 11.9. The first-order valence-corrected chi connectivity index (χ1v) is 6.82. The maximum absolute atomic E-state index is 11.0. The Kier molecular flexibility index (Phi) is 4.42. The maximum atomic E-state index is 11.0. The van der Waals surface area contributed by atoms with Crippen LogP contribution in [0.5, 0.6) is 11.5 Å². The van der Waals surface area contributed by atoms with E-state index in [1.807, 2.05) is 0 Å². The molecule has 5 heteroatoms. The van der Waals surface area contributed by atoms with Crippen LogP contribution in [0.1, 0.15) is 28.9 Å². The molecule has 0 aromatic heterocycles. The fourth-order valence-electron chi connectivity index (χ4n) is 1.73. The molecular formula is C15H14BrNO3. The van der Waals surface area contributed by atoms with E-state index in [2.05, 4.69) is 15.9 Å². The highest BCUT2D eigenvalue weighted by Gasteiger charge is 2.08. The van der Waals surface area contributed by atoms with Gasteiger partial charge in [0.2, 0.25) is 5.91 Å². The average Bonchev–Trinajstić information content (AvgIpc) is 2.39. The zero-order chi connectivity index (χ0) is 14.7. The lowest BCUT2D eigenvalue weighted by Gasteiger charge is -2.11. The third-order valence-electron chi connectivity index (χ3n) is 2.80. The largest absolute Gasteiger partial charge is 0.457 e. The van der Waals surface area contributed by atoms with E-state index >= 15 is 0 Å². The molecule has 0 fully saturated rings. The van der Waals surface area contributed by atoms with E-state index in [1.165, 1.54) is 0 Å². The Bertz CT molecular complexity index is 624. The number of rotatable bonds is 4. The van der Waals surface area contributed by atoms with Crippen molar-refractivity contribution in [3.8, 4) is 11.5 Å². The molecule has 104 valence electrons. The molecule has 0 bridgehead atoms. The van der Waals surface area contributed by atoms with Gasteiger partial charge in [-0.3, -0.25) is 4.79 Å². The predicted octanol–water partition coefficient (Wildman–Crippen LogP) is 3.39. The van der Waals surface area contributed by atoms with Crippen molar-refractivity contribution in [3.63, 3.8) is 0 Å². The van der Waals surface area contributed by atoms with Crippen molar-refractivity contribution in [2.24, 2.45) is 5.73 Å². The summed E-state index contributed by atoms with van der Waals surface area (Å²) < 4.78 is 6.44. The Morgan fingerprint density at radius 2 is 1.80 bits per heavy atom. The topological polar surface area (TPSA) is 72.6 Å². The van der Waals surface area contributed by atoms with Crippen LogP contribution in [0, 0.1) is 0 Å². The summed E-state index contributed by atoms with van der Waals surface area (Å²) in [4.78, 5) is 11.0. The summed E-state index contributed by atoms with van der Waals surface area (Å²) in [6, 6.07) is 11.9. The minimum atomic E-state index is -0.548. The second-order valence-electron chi connectivity index (χ2n) is 4.35. The number of benzene rings is 2. The van der Waals surface area contributed by atoms with Crippen LogP contribution in [-0.4, -0.2) is 11.0 Å². The number of amides is 1. The lowest BCUT2D eigenvalue weighted by atomic mass is 10.1. The summed E-state index contributed by atoms with van der Waals surface area (Å²) in [6.45, 7) is 1.70. The molecule has 0 saturated carbocycles. The highest BCUT2D eigenvalue weighted by atomic mass is 79.9. The molecule has 0 spiro atoms. The molecule has 2 rings (SSSR count). The van der Waals surface area contributed by atoms with Gasteiger partial charge in [0.25, 0.3) is 0 Å². The lowest BCUT2D eigenvalue weighted by Crippen LogP contribution is -2.10. The summed E-state index contributed by atoms with van der Waals surface area (Å²) in [6.07, 6.45) is -0.548.